The van der Waals surface area contributed by atoms with Crippen LogP contribution in [0.25, 0.3) is 5.57 Å². The summed E-state index contributed by atoms with van der Waals surface area (Å²) in [5.74, 6) is -0.788. The average Bonchev–Trinajstić information content (AvgIpc) is 2.94. The minimum absolute atomic E-state index is 0.154. The number of hydrogen-bond acceptors (Lipinski definition) is 4. The normalized spacial score (nSPS) is 20.7. The lowest BCUT2D eigenvalue weighted by atomic mass is 9.99. The molecule has 1 atom stereocenters. The molecule has 1 fully saturated rings. The van der Waals surface area contributed by atoms with Crippen LogP contribution < -0.4 is 16.0 Å². The topological polar surface area (TPSA) is 84.7 Å². The van der Waals surface area contributed by atoms with Crippen molar-refractivity contribution in [3.8, 4) is 0 Å². The lowest BCUT2D eigenvalue weighted by Crippen LogP contribution is -2.25. The third-order valence-corrected chi connectivity index (χ3v) is 4.26. The second kappa shape index (κ2) is 7.00. The number of ether oxygens (including phenoxy) is 1. The minimum atomic E-state index is -0.530. The van der Waals surface area contributed by atoms with Crippen molar-refractivity contribution in [2.24, 2.45) is 5.73 Å². The van der Waals surface area contributed by atoms with Gasteiger partial charge in [0.25, 0.3) is 0 Å². The fraction of sp³-hybridized carbons (Fsp3) is 0.412. The number of nitrogens with one attached hydrogen (secondary N) is 1. The molecule has 2 amide bonds. The van der Waals surface area contributed by atoms with Gasteiger partial charge in [0, 0.05) is 18.5 Å². The molecule has 3 N–H and O–H groups in total. The molecule has 2 heterocycles. The lowest BCUT2D eigenvalue weighted by molar-refractivity contribution is -0.118. The molecule has 1 unspecified atom stereocenters. The van der Waals surface area contributed by atoms with E-state index < -0.39 is 18.1 Å². The first kappa shape index (κ1) is 16.4. The third-order valence-electron chi connectivity index (χ3n) is 4.26. The Balaban J connectivity index is 1.73. The van der Waals surface area contributed by atoms with Crippen molar-refractivity contribution in [2.75, 3.05) is 24.5 Å². The van der Waals surface area contributed by atoms with E-state index in [1.54, 1.807) is 12.1 Å². The minimum Gasteiger partial charge on any atom is -0.444 e. The van der Waals surface area contributed by atoms with Gasteiger partial charge in [-0.1, -0.05) is 6.08 Å². The number of anilines is 1. The maximum Gasteiger partial charge on any atom is 0.414 e. The molecule has 128 valence electrons. The Morgan fingerprint density at radius 2 is 2.29 bits per heavy atom. The van der Waals surface area contributed by atoms with E-state index in [9.17, 15) is 14.0 Å². The predicted molar refractivity (Wildman–Crippen MR) is 87.9 cm³/mol. The first-order valence-electron chi connectivity index (χ1n) is 8.00. The zero-order valence-electron chi connectivity index (χ0n) is 13.3. The molecule has 7 heteroatoms. The number of benzene rings is 1. The molecular formula is C17H20FN3O3. The summed E-state index contributed by atoms with van der Waals surface area (Å²) < 4.78 is 19.7. The predicted octanol–water partition coefficient (Wildman–Crippen LogP) is 1.79. The van der Waals surface area contributed by atoms with E-state index in [-0.39, 0.29) is 18.8 Å². The van der Waals surface area contributed by atoms with Gasteiger partial charge in [0.15, 0.2) is 0 Å². The monoisotopic (exact) mass is 333 g/mol. The van der Waals surface area contributed by atoms with Crippen LogP contribution in [-0.4, -0.2) is 37.7 Å². The van der Waals surface area contributed by atoms with Crippen LogP contribution in [0.2, 0.25) is 0 Å². The van der Waals surface area contributed by atoms with Crippen LogP contribution >= 0.6 is 0 Å². The molecule has 1 aromatic carbocycles. The van der Waals surface area contributed by atoms with Crippen molar-refractivity contribution in [2.45, 2.75) is 25.4 Å². The van der Waals surface area contributed by atoms with Crippen molar-refractivity contribution < 1.29 is 18.7 Å². The number of nitrogens with two attached hydrogens (primary N) is 1. The smallest absolute Gasteiger partial charge is 0.414 e. The Labute approximate surface area is 139 Å². The maximum atomic E-state index is 14.5. The maximum absolute atomic E-state index is 14.5. The van der Waals surface area contributed by atoms with Crippen molar-refractivity contribution >= 4 is 23.3 Å². The van der Waals surface area contributed by atoms with Gasteiger partial charge >= 0.3 is 6.09 Å². The van der Waals surface area contributed by atoms with E-state index >= 15 is 0 Å². The number of carbonyl (C=O) groups is 2. The summed E-state index contributed by atoms with van der Waals surface area (Å²) in [6, 6.07) is 4.78. The van der Waals surface area contributed by atoms with E-state index in [0.717, 1.165) is 25.1 Å². The summed E-state index contributed by atoms with van der Waals surface area (Å²) in [6.45, 7) is 1.85. The molecule has 0 aliphatic carbocycles. The number of cyclic esters (lactones) is 1. The second-order valence-electron chi connectivity index (χ2n) is 5.97. The number of halogens is 1. The van der Waals surface area contributed by atoms with Gasteiger partial charge in [-0.2, -0.15) is 0 Å². The molecule has 0 radical (unpaired) electrons. The third kappa shape index (κ3) is 3.56. The van der Waals surface area contributed by atoms with Gasteiger partial charge in [0.05, 0.1) is 12.2 Å². The van der Waals surface area contributed by atoms with Crippen LogP contribution in [0.5, 0.6) is 0 Å². The molecule has 2 aliphatic heterocycles. The summed E-state index contributed by atoms with van der Waals surface area (Å²) in [7, 11) is 0. The molecule has 1 saturated heterocycles. The number of rotatable bonds is 5. The Hall–Kier alpha value is -2.41. The van der Waals surface area contributed by atoms with Crippen molar-refractivity contribution in [3.05, 3.63) is 35.7 Å². The summed E-state index contributed by atoms with van der Waals surface area (Å²) in [5.41, 5.74) is 7.10. The van der Waals surface area contributed by atoms with Crippen molar-refractivity contribution in [3.63, 3.8) is 0 Å². The molecular weight excluding hydrogens is 313 g/mol. The molecule has 2 aliphatic rings. The lowest BCUT2D eigenvalue weighted by Gasteiger charge is -2.17. The first-order valence-corrected chi connectivity index (χ1v) is 8.00. The van der Waals surface area contributed by atoms with Gasteiger partial charge in [-0.3, -0.25) is 9.69 Å². The molecule has 3 rings (SSSR count). The van der Waals surface area contributed by atoms with Gasteiger partial charge in [0.2, 0.25) is 5.91 Å². The number of amides is 2. The molecule has 1 aromatic rings. The Kier molecular flexibility index (Phi) is 4.80. The van der Waals surface area contributed by atoms with E-state index in [2.05, 4.69) is 5.32 Å². The molecule has 0 saturated carbocycles. The van der Waals surface area contributed by atoms with Gasteiger partial charge in [-0.05, 0) is 43.2 Å². The summed E-state index contributed by atoms with van der Waals surface area (Å²) >= 11 is 0. The van der Waals surface area contributed by atoms with E-state index in [4.69, 9.17) is 10.5 Å². The summed E-state index contributed by atoms with van der Waals surface area (Å²) in [4.78, 5) is 24.2. The molecule has 24 heavy (non-hydrogen) atoms. The Morgan fingerprint density at radius 3 is 2.96 bits per heavy atom. The van der Waals surface area contributed by atoms with Crippen LogP contribution in [0.3, 0.4) is 0 Å². The Morgan fingerprint density at radius 1 is 1.46 bits per heavy atom. The van der Waals surface area contributed by atoms with E-state index in [1.165, 1.54) is 11.0 Å². The van der Waals surface area contributed by atoms with Crippen molar-refractivity contribution in [1.29, 1.82) is 0 Å². The number of hydrogen-bond donors (Lipinski definition) is 2. The average molecular weight is 333 g/mol. The van der Waals surface area contributed by atoms with Crippen LogP contribution in [0.1, 0.15) is 24.8 Å². The van der Waals surface area contributed by atoms with Crippen LogP contribution in [0.4, 0.5) is 14.9 Å². The highest BCUT2D eigenvalue weighted by Crippen LogP contribution is 2.29. The molecule has 0 aromatic heterocycles. The fourth-order valence-electron chi connectivity index (χ4n) is 2.99. The molecule has 0 spiro atoms. The second-order valence-corrected chi connectivity index (χ2v) is 5.97. The molecule has 0 bridgehead atoms. The zero-order valence-corrected chi connectivity index (χ0v) is 13.3. The number of primary amides is 1. The highest BCUT2D eigenvalue weighted by atomic mass is 19.1. The quantitative estimate of drug-likeness (QED) is 0.860. The number of nitrogens with zero attached hydrogens (tertiary/aromatic N) is 1. The van der Waals surface area contributed by atoms with Crippen LogP contribution in [-0.2, 0) is 9.53 Å². The van der Waals surface area contributed by atoms with Gasteiger partial charge < -0.3 is 15.8 Å². The van der Waals surface area contributed by atoms with Crippen LogP contribution in [0, 0.1) is 5.82 Å². The highest BCUT2D eigenvalue weighted by molar-refractivity contribution is 5.90. The Bertz CT molecular complexity index is 690. The van der Waals surface area contributed by atoms with Gasteiger partial charge in [-0.15, -0.1) is 0 Å². The largest absolute Gasteiger partial charge is 0.444 e. The van der Waals surface area contributed by atoms with E-state index in [0.29, 0.717) is 17.7 Å². The standard InChI is InChI=1S/C17H20FN3O3/c18-15-9-12(1-3-14(15)11-5-7-20-8-6-11)21-10-13(24-17(21)23)2-4-16(19)22/h1,3,5,9,13,20H,2,4,6-8,10H2,(H2,19,22). The first-order chi connectivity index (χ1) is 11.5. The zero-order chi connectivity index (χ0) is 17.1. The SMILES string of the molecule is NC(=O)CCC1CN(c2ccc(C3=CCNCC3)c(F)c2)C(=O)O1. The van der Waals surface area contributed by atoms with Crippen LogP contribution in [0.15, 0.2) is 24.3 Å². The number of carbonyl (C=O) groups excluding carboxylic acids is 2. The molecule has 6 nitrogen and oxygen atoms in total. The van der Waals surface area contributed by atoms with Gasteiger partial charge in [-0.25, -0.2) is 9.18 Å². The van der Waals surface area contributed by atoms with Gasteiger partial charge in [0.1, 0.15) is 11.9 Å². The van der Waals surface area contributed by atoms with Crippen molar-refractivity contribution in [1.82, 2.24) is 5.32 Å². The fourth-order valence-corrected chi connectivity index (χ4v) is 2.99. The highest BCUT2D eigenvalue weighted by Gasteiger charge is 2.32. The summed E-state index contributed by atoms with van der Waals surface area (Å²) in [5, 5.41) is 3.19. The van der Waals surface area contributed by atoms with E-state index in [1.807, 2.05) is 6.08 Å². The summed E-state index contributed by atoms with van der Waals surface area (Å²) in [6.07, 6.45) is 2.35.